The Morgan fingerprint density at radius 1 is 1.20 bits per heavy atom. The Morgan fingerprint density at radius 3 is 2.33 bits per heavy atom. The van der Waals surface area contributed by atoms with Gasteiger partial charge >= 0.3 is 0 Å². The van der Waals surface area contributed by atoms with E-state index >= 15 is 0 Å². The molecular formula is C25H41N3O2. The summed E-state index contributed by atoms with van der Waals surface area (Å²) in [6.07, 6.45) is 12.0. The highest BCUT2D eigenvalue weighted by Crippen LogP contribution is 2.52. The Balaban J connectivity index is 0.00000103. The number of carbonyl (C=O) groups is 2. The van der Waals surface area contributed by atoms with Crippen LogP contribution in [0.15, 0.2) is 47.9 Å². The number of hydrogen-bond donors (Lipinski definition) is 2. The van der Waals surface area contributed by atoms with Crippen LogP contribution in [0.1, 0.15) is 74.1 Å². The van der Waals surface area contributed by atoms with Crippen molar-refractivity contribution in [3.8, 4) is 0 Å². The molecule has 168 valence electrons. The van der Waals surface area contributed by atoms with Crippen LogP contribution in [-0.2, 0) is 9.59 Å². The molecule has 1 saturated heterocycles. The van der Waals surface area contributed by atoms with Crippen LogP contribution in [0.2, 0.25) is 0 Å². The van der Waals surface area contributed by atoms with Crippen molar-refractivity contribution < 1.29 is 9.59 Å². The van der Waals surface area contributed by atoms with Gasteiger partial charge in [0, 0.05) is 31.4 Å². The van der Waals surface area contributed by atoms with Gasteiger partial charge in [-0.15, -0.1) is 0 Å². The minimum atomic E-state index is -0.333. The van der Waals surface area contributed by atoms with E-state index in [-0.39, 0.29) is 17.2 Å². The van der Waals surface area contributed by atoms with Gasteiger partial charge in [0.25, 0.3) is 5.91 Å². The van der Waals surface area contributed by atoms with Crippen LogP contribution in [0.25, 0.3) is 0 Å². The molecule has 30 heavy (non-hydrogen) atoms. The molecule has 1 heterocycles. The van der Waals surface area contributed by atoms with E-state index in [0.717, 1.165) is 42.7 Å². The standard InChI is InChI=1S/C23H36N2O.C2H5NO/c1-8-10-17(3)20(14-24-18(4)11-9-2)21(26)25-16-23(7)13-19(25)12-22(5,6)15-23;1-2(3)4/h8,10-11,14,19,24H,1,9,12-13,15-16H2,2-7H3;1H3,(H2,3,4)/b17-10+,18-11+,20-14+;. The van der Waals surface area contributed by atoms with E-state index < -0.39 is 0 Å². The monoisotopic (exact) mass is 415 g/mol. The lowest BCUT2D eigenvalue weighted by atomic mass is 9.65. The molecule has 2 atom stereocenters. The van der Waals surface area contributed by atoms with Gasteiger partial charge in [-0.05, 0) is 55.9 Å². The average molecular weight is 416 g/mol. The van der Waals surface area contributed by atoms with Crippen molar-refractivity contribution in [1.82, 2.24) is 10.2 Å². The second-order valence-electron chi connectivity index (χ2n) is 9.84. The van der Waals surface area contributed by atoms with Crippen LogP contribution in [-0.4, -0.2) is 29.3 Å². The van der Waals surface area contributed by atoms with Gasteiger partial charge in [-0.25, -0.2) is 0 Å². The molecule has 1 aliphatic heterocycles. The number of likely N-dealkylation sites (tertiary alicyclic amines) is 1. The molecule has 0 spiro atoms. The minimum Gasteiger partial charge on any atom is -0.370 e. The molecule has 5 nitrogen and oxygen atoms in total. The summed E-state index contributed by atoms with van der Waals surface area (Å²) in [7, 11) is 0. The highest BCUT2D eigenvalue weighted by molar-refractivity contribution is 5.98. The van der Waals surface area contributed by atoms with Crippen molar-refractivity contribution in [3.05, 3.63) is 47.9 Å². The number of nitrogens with zero attached hydrogens (tertiary/aromatic N) is 1. The van der Waals surface area contributed by atoms with E-state index in [2.05, 4.69) is 56.3 Å². The Hall–Kier alpha value is -2.30. The number of nitrogens with two attached hydrogens (primary N) is 1. The topological polar surface area (TPSA) is 75.4 Å². The number of amides is 2. The molecule has 3 N–H and O–H groups in total. The van der Waals surface area contributed by atoms with Crippen LogP contribution in [0.4, 0.5) is 0 Å². The second kappa shape index (κ2) is 10.6. The van der Waals surface area contributed by atoms with Crippen LogP contribution < -0.4 is 11.1 Å². The summed E-state index contributed by atoms with van der Waals surface area (Å²) < 4.78 is 0. The number of allylic oxidation sites excluding steroid dienone is 4. The Labute approximate surface area is 183 Å². The van der Waals surface area contributed by atoms with Crippen LogP contribution in [0.3, 0.4) is 0 Å². The fourth-order valence-electron chi connectivity index (χ4n) is 5.01. The third kappa shape index (κ3) is 7.51. The van der Waals surface area contributed by atoms with E-state index in [4.69, 9.17) is 0 Å². The number of primary amides is 1. The Kier molecular flexibility index (Phi) is 9.13. The lowest BCUT2D eigenvalue weighted by Crippen LogP contribution is -2.38. The van der Waals surface area contributed by atoms with Crippen LogP contribution in [0.5, 0.6) is 0 Å². The van der Waals surface area contributed by atoms with E-state index in [1.807, 2.05) is 26.1 Å². The van der Waals surface area contributed by atoms with Gasteiger partial charge in [0.1, 0.15) is 0 Å². The van der Waals surface area contributed by atoms with Crippen molar-refractivity contribution in [1.29, 1.82) is 0 Å². The van der Waals surface area contributed by atoms with Gasteiger partial charge in [-0.3, -0.25) is 9.59 Å². The maximum atomic E-state index is 13.5. The number of hydrogen-bond acceptors (Lipinski definition) is 3. The number of fused-ring (bicyclic) bond motifs is 2. The molecule has 2 unspecified atom stereocenters. The van der Waals surface area contributed by atoms with E-state index in [1.54, 1.807) is 6.08 Å². The van der Waals surface area contributed by atoms with Crippen LogP contribution in [0, 0.1) is 10.8 Å². The van der Waals surface area contributed by atoms with E-state index in [0.29, 0.717) is 11.5 Å². The number of rotatable bonds is 6. The second-order valence-corrected chi connectivity index (χ2v) is 9.84. The Bertz CT molecular complexity index is 741. The Morgan fingerprint density at radius 2 is 1.80 bits per heavy atom. The molecule has 2 rings (SSSR count). The summed E-state index contributed by atoms with van der Waals surface area (Å²) >= 11 is 0. The molecule has 0 radical (unpaired) electrons. The third-order valence-corrected chi connectivity index (χ3v) is 5.65. The molecule has 0 aromatic heterocycles. The summed E-state index contributed by atoms with van der Waals surface area (Å²) in [6, 6.07) is 0.350. The summed E-state index contributed by atoms with van der Waals surface area (Å²) in [5.74, 6) is -0.191. The number of carbonyl (C=O) groups excluding carboxylic acids is 2. The SMILES string of the molecule is C=C/C=C(C)/C(=C\N/C(C)=C/CC)C(=O)N1CC2(C)CC1CC(C)(C)C2.CC(N)=O. The molecule has 2 fully saturated rings. The summed E-state index contributed by atoms with van der Waals surface area (Å²) in [6.45, 7) is 19.1. The highest BCUT2D eigenvalue weighted by atomic mass is 16.2. The average Bonchev–Trinajstić information content (AvgIpc) is 2.83. The first-order valence-corrected chi connectivity index (χ1v) is 10.8. The smallest absolute Gasteiger partial charge is 0.255 e. The summed E-state index contributed by atoms with van der Waals surface area (Å²) in [5.41, 5.74) is 7.78. The fraction of sp³-hybridized carbons (Fsp3) is 0.600. The third-order valence-electron chi connectivity index (χ3n) is 5.65. The zero-order valence-corrected chi connectivity index (χ0v) is 20.0. The molecule has 2 aliphatic rings. The minimum absolute atomic E-state index is 0.142. The van der Waals surface area contributed by atoms with Crippen molar-refractivity contribution in [2.24, 2.45) is 16.6 Å². The maximum Gasteiger partial charge on any atom is 0.255 e. The predicted octanol–water partition coefficient (Wildman–Crippen LogP) is 4.82. The van der Waals surface area contributed by atoms with Crippen molar-refractivity contribution in [2.75, 3.05) is 6.54 Å². The molecule has 0 aromatic rings. The van der Waals surface area contributed by atoms with E-state index in [9.17, 15) is 9.59 Å². The largest absolute Gasteiger partial charge is 0.370 e. The van der Waals surface area contributed by atoms with Crippen molar-refractivity contribution in [3.63, 3.8) is 0 Å². The lowest BCUT2D eigenvalue weighted by molar-refractivity contribution is -0.128. The lowest BCUT2D eigenvalue weighted by Gasteiger charge is -2.39. The zero-order valence-electron chi connectivity index (χ0n) is 20.0. The molecule has 2 bridgehead atoms. The van der Waals surface area contributed by atoms with Gasteiger partial charge < -0.3 is 16.0 Å². The molecule has 1 saturated carbocycles. The van der Waals surface area contributed by atoms with Crippen molar-refractivity contribution in [2.45, 2.75) is 80.2 Å². The zero-order chi connectivity index (χ0) is 23.1. The summed E-state index contributed by atoms with van der Waals surface area (Å²) in [4.78, 5) is 24.8. The van der Waals surface area contributed by atoms with E-state index in [1.165, 1.54) is 13.3 Å². The van der Waals surface area contributed by atoms with Gasteiger partial charge in [-0.1, -0.05) is 52.5 Å². The molecular weight excluding hydrogens is 374 g/mol. The van der Waals surface area contributed by atoms with Gasteiger partial charge in [0.15, 0.2) is 0 Å². The highest BCUT2D eigenvalue weighted by Gasteiger charge is 2.51. The molecule has 1 aliphatic carbocycles. The number of nitrogens with one attached hydrogen (secondary N) is 1. The quantitative estimate of drug-likeness (QED) is 0.482. The molecule has 5 heteroatoms. The molecule has 0 aromatic carbocycles. The first-order valence-electron chi connectivity index (χ1n) is 10.8. The van der Waals surface area contributed by atoms with Gasteiger partial charge in [0.2, 0.25) is 5.91 Å². The molecule has 2 amide bonds. The van der Waals surface area contributed by atoms with Crippen molar-refractivity contribution >= 4 is 11.8 Å². The van der Waals surface area contributed by atoms with Gasteiger partial charge in [-0.2, -0.15) is 0 Å². The summed E-state index contributed by atoms with van der Waals surface area (Å²) in [5, 5.41) is 3.29. The fourth-order valence-corrected chi connectivity index (χ4v) is 5.01. The predicted molar refractivity (Wildman–Crippen MR) is 125 cm³/mol. The van der Waals surface area contributed by atoms with Gasteiger partial charge in [0.05, 0.1) is 5.57 Å². The first-order chi connectivity index (χ1) is 13.8. The van der Waals surface area contributed by atoms with Crippen LogP contribution >= 0.6 is 0 Å². The normalized spacial score (nSPS) is 25.9. The maximum absolute atomic E-state index is 13.5. The first kappa shape index (κ1) is 25.7.